The third-order valence-electron chi connectivity index (χ3n) is 4.84. The first kappa shape index (κ1) is 23.7. The first-order valence-electron chi connectivity index (χ1n) is 10.0. The van der Waals surface area contributed by atoms with Gasteiger partial charge in [0.05, 0.1) is 13.3 Å². The van der Waals surface area contributed by atoms with Gasteiger partial charge in [-0.05, 0) is 42.9 Å². The highest BCUT2D eigenvalue weighted by Gasteiger charge is 2.31. The quantitative estimate of drug-likeness (QED) is 0.402. The SMILES string of the molecule is CC(C)[C@@H]1NC(=O)[C@@H]([B]OCN)Cc2ccc(cc2)OCCC[C@@H](C(=O)O)NC1=O. The number of carbonyl (C=O) groups is 3. The highest BCUT2D eigenvalue weighted by Crippen LogP contribution is 2.19. The van der Waals surface area contributed by atoms with Crippen LogP contribution in [0.2, 0.25) is 5.82 Å². The summed E-state index contributed by atoms with van der Waals surface area (Å²) in [5, 5.41) is 14.7. The van der Waals surface area contributed by atoms with Gasteiger partial charge >= 0.3 is 13.5 Å². The summed E-state index contributed by atoms with van der Waals surface area (Å²) in [7, 11) is 1.36. The maximum atomic E-state index is 12.9. The molecule has 30 heavy (non-hydrogen) atoms. The molecule has 0 fully saturated rings. The fourth-order valence-electron chi connectivity index (χ4n) is 3.14. The average molecular weight is 418 g/mol. The lowest BCUT2D eigenvalue weighted by molar-refractivity contribution is -0.142. The molecule has 0 saturated carbocycles. The van der Waals surface area contributed by atoms with Crippen molar-refractivity contribution >= 4 is 25.3 Å². The van der Waals surface area contributed by atoms with E-state index in [1.807, 2.05) is 12.1 Å². The molecular weight excluding hydrogens is 389 g/mol. The van der Waals surface area contributed by atoms with Crippen LogP contribution < -0.4 is 21.1 Å². The van der Waals surface area contributed by atoms with E-state index in [1.54, 1.807) is 26.0 Å². The molecule has 2 bridgehead atoms. The summed E-state index contributed by atoms with van der Waals surface area (Å²) in [6.45, 7) is 3.80. The minimum absolute atomic E-state index is 0.0784. The molecule has 2 aliphatic rings. The van der Waals surface area contributed by atoms with Crippen LogP contribution in [0, 0.1) is 5.92 Å². The van der Waals surface area contributed by atoms with E-state index in [9.17, 15) is 19.5 Å². The molecule has 163 valence electrons. The third-order valence-corrected chi connectivity index (χ3v) is 4.84. The molecule has 0 unspecified atom stereocenters. The van der Waals surface area contributed by atoms with Gasteiger partial charge in [-0.3, -0.25) is 9.59 Å². The Bertz CT molecular complexity index is 728. The van der Waals surface area contributed by atoms with Gasteiger partial charge in [0.1, 0.15) is 17.8 Å². The topological polar surface area (TPSA) is 140 Å². The Labute approximate surface area is 177 Å². The van der Waals surface area contributed by atoms with Gasteiger partial charge in [-0.1, -0.05) is 26.0 Å². The number of amides is 2. The molecule has 9 nitrogen and oxygen atoms in total. The van der Waals surface area contributed by atoms with E-state index in [4.69, 9.17) is 15.1 Å². The average Bonchev–Trinajstić information content (AvgIpc) is 2.71. The number of carboxylic acid groups (broad SMARTS) is 1. The first-order chi connectivity index (χ1) is 14.3. The lowest BCUT2D eigenvalue weighted by Crippen LogP contribution is -2.54. The van der Waals surface area contributed by atoms with Crippen LogP contribution in [0.1, 0.15) is 32.3 Å². The fourth-order valence-corrected chi connectivity index (χ4v) is 3.14. The van der Waals surface area contributed by atoms with Crippen molar-refractivity contribution < 1.29 is 28.9 Å². The molecule has 3 rings (SSSR count). The second-order valence-electron chi connectivity index (χ2n) is 7.54. The van der Waals surface area contributed by atoms with Gasteiger partial charge < -0.3 is 30.9 Å². The summed E-state index contributed by atoms with van der Waals surface area (Å²) in [4.78, 5) is 37.2. The van der Waals surface area contributed by atoms with Crippen LogP contribution >= 0.6 is 0 Å². The summed E-state index contributed by atoms with van der Waals surface area (Å²) in [6.07, 6.45) is 1.00. The predicted molar refractivity (Wildman–Crippen MR) is 111 cm³/mol. The minimum atomic E-state index is -1.13. The van der Waals surface area contributed by atoms with Crippen LogP contribution in [0.5, 0.6) is 5.75 Å². The molecule has 2 aliphatic heterocycles. The zero-order valence-corrected chi connectivity index (χ0v) is 17.3. The number of carbonyl (C=O) groups excluding carboxylic acids is 2. The van der Waals surface area contributed by atoms with Gasteiger partial charge in [-0.15, -0.1) is 0 Å². The number of nitrogens with two attached hydrogens (primary N) is 1. The summed E-state index contributed by atoms with van der Waals surface area (Å²) in [5.41, 5.74) is 6.28. The van der Waals surface area contributed by atoms with Crippen molar-refractivity contribution in [3.63, 3.8) is 0 Å². The van der Waals surface area contributed by atoms with E-state index in [0.717, 1.165) is 5.56 Å². The Hall–Kier alpha value is -2.59. The molecule has 0 aromatic heterocycles. The number of ether oxygens (including phenoxy) is 1. The Kier molecular flexibility index (Phi) is 9.13. The number of hydrogen-bond acceptors (Lipinski definition) is 6. The smallest absolute Gasteiger partial charge is 0.326 e. The molecule has 2 amide bonds. The van der Waals surface area contributed by atoms with Crippen LogP contribution in [0.3, 0.4) is 0 Å². The number of rotatable bonds is 5. The molecule has 1 radical (unpaired) electrons. The molecule has 1 aromatic rings. The van der Waals surface area contributed by atoms with E-state index >= 15 is 0 Å². The number of fused-ring (bicyclic) bond motifs is 13. The van der Waals surface area contributed by atoms with Crippen LogP contribution in [-0.4, -0.2) is 55.8 Å². The first-order valence-corrected chi connectivity index (χ1v) is 10.0. The Balaban J connectivity index is 2.30. The normalized spacial score (nSPS) is 23.4. The van der Waals surface area contributed by atoms with Crippen LogP contribution in [-0.2, 0) is 25.5 Å². The summed E-state index contributed by atoms with van der Waals surface area (Å²) >= 11 is 0. The lowest BCUT2D eigenvalue weighted by Gasteiger charge is -2.26. The number of nitrogens with one attached hydrogen (secondary N) is 2. The van der Waals surface area contributed by atoms with Crippen molar-refractivity contribution in [3.8, 4) is 5.75 Å². The largest absolute Gasteiger partial charge is 0.494 e. The Morgan fingerprint density at radius 3 is 2.57 bits per heavy atom. The summed E-state index contributed by atoms with van der Waals surface area (Å²) in [5.74, 6) is -2.37. The zero-order valence-electron chi connectivity index (χ0n) is 17.3. The van der Waals surface area contributed by atoms with Crippen molar-refractivity contribution in [2.45, 2.75) is 51.0 Å². The minimum Gasteiger partial charge on any atom is -0.494 e. The molecule has 2 heterocycles. The van der Waals surface area contributed by atoms with Crippen LogP contribution in [0.15, 0.2) is 24.3 Å². The van der Waals surface area contributed by atoms with Crippen LogP contribution in [0.4, 0.5) is 0 Å². The van der Waals surface area contributed by atoms with Gasteiger partial charge in [-0.25, -0.2) is 4.79 Å². The van der Waals surface area contributed by atoms with E-state index < -0.39 is 35.7 Å². The molecular formula is C20H29BN3O6. The summed E-state index contributed by atoms with van der Waals surface area (Å²) < 4.78 is 10.8. The van der Waals surface area contributed by atoms with Crippen LogP contribution in [0.25, 0.3) is 0 Å². The molecule has 0 spiro atoms. The Morgan fingerprint density at radius 1 is 1.27 bits per heavy atom. The molecule has 5 N–H and O–H groups in total. The van der Waals surface area contributed by atoms with Gasteiger partial charge in [0.25, 0.3) is 0 Å². The van der Waals surface area contributed by atoms with Crippen molar-refractivity contribution in [3.05, 3.63) is 29.8 Å². The molecule has 0 aliphatic carbocycles. The van der Waals surface area contributed by atoms with E-state index in [-0.39, 0.29) is 19.1 Å². The number of benzene rings is 1. The fraction of sp³-hybridized carbons (Fsp3) is 0.550. The van der Waals surface area contributed by atoms with Crippen molar-refractivity contribution in [2.24, 2.45) is 11.7 Å². The standard InChI is InChI=1S/C20H29BN3O6/c1-12(2)17-19(26)23-16(20(27)28)4-3-9-29-14-7-5-13(6-8-14)10-15(18(25)24-17)21-30-11-22/h5-8,12,15-17H,3-4,9-11,22H2,1-2H3,(H,23,26)(H,24,25)(H,27,28)/t15-,16-,17-/m0/s1. The van der Waals surface area contributed by atoms with Gasteiger partial charge in [0, 0.05) is 5.82 Å². The number of hydrogen-bond donors (Lipinski definition) is 4. The van der Waals surface area contributed by atoms with Gasteiger partial charge in [0.15, 0.2) is 0 Å². The van der Waals surface area contributed by atoms with Crippen molar-refractivity contribution in [1.82, 2.24) is 10.6 Å². The monoisotopic (exact) mass is 418 g/mol. The van der Waals surface area contributed by atoms with Crippen molar-refractivity contribution in [1.29, 1.82) is 0 Å². The van der Waals surface area contributed by atoms with Gasteiger partial charge in [-0.2, -0.15) is 0 Å². The second kappa shape index (κ2) is 11.6. The predicted octanol–water partition coefficient (Wildman–Crippen LogP) is 0.452. The molecule has 1 aromatic carbocycles. The van der Waals surface area contributed by atoms with Crippen molar-refractivity contribution in [2.75, 3.05) is 13.3 Å². The molecule has 10 heteroatoms. The number of aliphatic carboxylic acids is 1. The van der Waals surface area contributed by atoms with E-state index in [0.29, 0.717) is 25.2 Å². The van der Waals surface area contributed by atoms with Gasteiger partial charge in [0.2, 0.25) is 11.8 Å². The Morgan fingerprint density at radius 2 is 1.97 bits per heavy atom. The van der Waals surface area contributed by atoms with E-state index in [1.165, 1.54) is 7.48 Å². The maximum Gasteiger partial charge on any atom is 0.326 e. The zero-order chi connectivity index (χ0) is 22.1. The highest BCUT2D eigenvalue weighted by atomic mass is 16.5. The highest BCUT2D eigenvalue weighted by molar-refractivity contribution is 6.37. The summed E-state index contributed by atoms with van der Waals surface area (Å²) in [6, 6.07) is 5.34. The lowest BCUT2D eigenvalue weighted by atomic mass is 9.75. The van der Waals surface area contributed by atoms with E-state index in [2.05, 4.69) is 10.6 Å². The molecule has 3 atom stereocenters. The third kappa shape index (κ3) is 7.03. The number of carboxylic acids is 1. The maximum absolute atomic E-state index is 12.9. The second-order valence-corrected chi connectivity index (χ2v) is 7.54. The molecule has 0 saturated heterocycles.